The van der Waals surface area contributed by atoms with Crippen LogP contribution in [-0.4, -0.2) is 64.1 Å². The molecule has 0 radical (unpaired) electrons. The molecule has 0 aromatic carbocycles. The normalized spacial score (nSPS) is 24.8. The van der Waals surface area contributed by atoms with E-state index >= 15 is 0 Å². The van der Waals surface area contributed by atoms with Crippen molar-refractivity contribution >= 4 is 28.6 Å². The maximum absolute atomic E-state index is 12.5. The molecular formula is C15H18N4O2S2. The largest absolute Gasteiger partial charge is 0.373 e. The van der Waals surface area contributed by atoms with Gasteiger partial charge in [-0.05, 0) is 6.92 Å². The van der Waals surface area contributed by atoms with Gasteiger partial charge in [-0.2, -0.15) is 0 Å². The van der Waals surface area contributed by atoms with Crippen LogP contribution < -0.4 is 0 Å². The molecule has 0 unspecified atom stereocenters. The summed E-state index contributed by atoms with van der Waals surface area (Å²) in [6.45, 7) is 5.80. The first-order chi connectivity index (χ1) is 11.2. The van der Waals surface area contributed by atoms with Crippen LogP contribution in [0.4, 0.5) is 0 Å². The molecule has 2 aliphatic heterocycles. The molecule has 0 saturated carbocycles. The molecule has 4 rings (SSSR count). The molecule has 2 aromatic heterocycles. The number of rotatable bonds is 3. The molecule has 23 heavy (non-hydrogen) atoms. The first kappa shape index (κ1) is 15.2. The highest BCUT2D eigenvalue weighted by atomic mass is 32.1. The summed E-state index contributed by atoms with van der Waals surface area (Å²) in [6, 6.07) is 0.244. The molecule has 122 valence electrons. The van der Waals surface area contributed by atoms with Crippen LogP contribution in [0.3, 0.4) is 0 Å². The Labute approximate surface area is 142 Å². The smallest absolute Gasteiger partial charge is 0.273 e. The second-order valence-corrected chi connectivity index (χ2v) is 7.67. The van der Waals surface area contributed by atoms with Crippen LogP contribution in [0.15, 0.2) is 16.3 Å². The number of carbonyl (C=O) groups excluding carboxylic acids is 1. The van der Waals surface area contributed by atoms with Crippen molar-refractivity contribution in [2.45, 2.75) is 25.6 Å². The first-order valence-electron chi connectivity index (χ1n) is 7.65. The van der Waals surface area contributed by atoms with E-state index in [1.54, 1.807) is 22.2 Å². The standard InChI is InChI=1S/C15H18N4O2S2/c1-10-17-11(7-23-10)4-18-2-3-21-14-6-19(5-13(14)18)15(20)12-8-22-9-16-12/h7-9,13-14H,2-6H2,1H3/t13-,14+/m0/s1. The lowest BCUT2D eigenvalue weighted by Gasteiger charge is -2.36. The van der Waals surface area contributed by atoms with Gasteiger partial charge in [-0.15, -0.1) is 22.7 Å². The van der Waals surface area contributed by atoms with Gasteiger partial charge in [0, 0.05) is 36.9 Å². The van der Waals surface area contributed by atoms with Crippen LogP contribution in [-0.2, 0) is 11.3 Å². The van der Waals surface area contributed by atoms with Gasteiger partial charge in [0.15, 0.2) is 0 Å². The van der Waals surface area contributed by atoms with Crippen LogP contribution in [0.5, 0.6) is 0 Å². The van der Waals surface area contributed by atoms with Crippen molar-refractivity contribution in [3.63, 3.8) is 0 Å². The van der Waals surface area contributed by atoms with Gasteiger partial charge in [-0.3, -0.25) is 9.69 Å². The number of hydrogen-bond donors (Lipinski definition) is 0. The monoisotopic (exact) mass is 350 g/mol. The number of morpholine rings is 1. The van der Waals surface area contributed by atoms with Crippen molar-refractivity contribution in [2.24, 2.45) is 0 Å². The Bertz CT molecular complexity index is 687. The number of hydrogen-bond acceptors (Lipinski definition) is 7. The van der Waals surface area contributed by atoms with Crippen LogP contribution in [0.1, 0.15) is 21.2 Å². The summed E-state index contributed by atoms with van der Waals surface area (Å²) in [6.07, 6.45) is 0.0890. The summed E-state index contributed by atoms with van der Waals surface area (Å²) in [4.78, 5) is 25.5. The van der Waals surface area contributed by atoms with Gasteiger partial charge < -0.3 is 9.64 Å². The molecule has 2 aromatic rings. The Morgan fingerprint density at radius 3 is 3.09 bits per heavy atom. The minimum absolute atomic E-state index is 0.00806. The van der Waals surface area contributed by atoms with E-state index < -0.39 is 0 Å². The Kier molecular flexibility index (Phi) is 4.14. The highest BCUT2D eigenvalue weighted by Crippen LogP contribution is 2.26. The van der Waals surface area contributed by atoms with Crippen molar-refractivity contribution in [1.82, 2.24) is 19.8 Å². The molecule has 6 nitrogen and oxygen atoms in total. The fraction of sp³-hybridized carbons (Fsp3) is 0.533. The van der Waals surface area contributed by atoms with Crippen molar-refractivity contribution < 1.29 is 9.53 Å². The average molecular weight is 350 g/mol. The lowest BCUT2D eigenvalue weighted by molar-refractivity contribution is -0.0507. The fourth-order valence-corrected chi connectivity index (χ4v) is 4.42. The van der Waals surface area contributed by atoms with Crippen LogP contribution >= 0.6 is 22.7 Å². The van der Waals surface area contributed by atoms with E-state index in [0.29, 0.717) is 25.4 Å². The van der Waals surface area contributed by atoms with E-state index in [4.69, 9.17) is 4.74 Å². The predicted molar refractivity (Wildman–Crippen MR) is 88.8 cm³/mol. The Morgan fingerprint density at radius 1 is 1.43 bits per heavy atom. The van der Waals surface area contributed by atoms with Gasteiger partial charge >= 0.3 is 0 Å². The maximum Gasteiger partial charge on any atom is 0.273 e. The number of fused-ring (bicyclic) bond motifs is 1. The minimum Gasteiger partial charge on any atom is -0.373 e. The number of aryl methyl sites for hydroxylation is 1. The number of carbonyl (C=O) groups is 1. The third-order valence-corrected chi connectivity index (χ3v) is 5.80. The highest BCUT2D eigenvalue weighted by Gasteiger charge is 2.42. The molecule has 1 amide bonds. The second-order valence-electron chi connectivity index (χ2n) is 5.89. The molecule has 0 aliphatic carbocycles. The third-order valence-electron chi connectivity index (χ3n) is 4.39. The number of amides is 1. The topological polar surface area (TPSA) is 58.6 Å². The number of ether oxygens (including phenoxy) is 1. The highest BCUT2D eigenvalue weighted by molar-refractivity contribution is 7.09. The first-order valence-corrected chi connectivity index (χ1v) is 9.47. The number of likely N-dealkylation sites (tertiary alicyclic amines) is 1. The number of aromatic nitrogens is 2. The minimum atomic E-state index is 0.00806. The zero-order valence-electron chi connectivity index (χ0n) is 12.8. The lowest BCUT2D eigenvalue weighted by atomic mass is 10.1. The van der Waals surface area contributed by atoms with Crippen LogP contribution in [0.2, 0.25) is 0 Å². The van der Waals surface area contributed by atoms with Crippen molar-refractivity contribution in [3.8, 4) is 0 Å². The van der Waals surface area contributed by atoms with E-state index in [0.717, 1.165) is 23.8 Å². The van der Waals surface area contributed by atoms with Crippen molar-refractivity contribution in [2.75, 3.05) is 26.2 Å². The van der Waals surface area contributed by atoms with E-state index in [9.17, 15) is 4.79 Å². The Balaban J connectivity index is 1.47. The number of nitrogens with zero attached hydrogens (tertiary/aromatic N) is 4. The zero-order valence-corrected chi connectivity index (χ0v) is 14.5. The fourth-order valence-electron chi connectivity index (χ4n) is 3.29. The molecule has 0 bridgehead atoms. The molecular weight excluding hydrogens is 332 g/mol. The third kappa shape index (κ3) is 3.03. The average Bonchev–Trinajstić information content (AvgIpc) is 3.26. The van der Waals surface area contributed by atoms with Gasteiger partial charge in [-0.25, -0.2) is 9.97 Å². The molecule has 2 saturated heterocycles. The number of thiazole rings is 2. The van der Waals surface area contributed by atoms with Gasteiger partial charge in [0.2, 0.25) is 0 Å². The van der Waals surface area contributed by atoms with E-state index in [1.165, 1.54) is 11.3 Å². The summed E-state index contributed by atoms with van der Waals surface area (Å²) >= 11 is 3.13. The van der Waals surface area contributed by atoms with Gasteiger partial charge in [0.1, 0.15) is 5.69 Å². The molecule has 0 spiro atoms. The van der Waals surface area contributed by atoms with Crippen LogP contribution in [0.25, 0.3) is 0 Å². The molecule has 4 heterocycles. The van der Waals surface area contributed by atoms with Gasteiger partial charge in [0.25, 0.3) is 5.91 Å². The van der Waals surface area contributed by atoms with E-state index in [1.807, 2.05) is 11.8 Å². The summed E-state index contributed by atoms with van der Waals surface area (Å²) in [5.74, 6) is 0.00806. The zero-order chi connectivity index (χ0) is 15.8. The second kappa shape index (κ2) is 6.27. The molecule has 2 aliphatic rings. The summed E-state index contributed by atoms with van der Waals surface area (Å²) in [5.41, 5.74) is 3.34. The summed E-state index contributed by atoms with van der Waals surface area (Å²) < 4.78 is 5.90. The van der Waals surface area contributed by atoms with E-state index in [2.05, 4.69) is 20.2 Å². The Hall–Kier alpha value is -1.35. The summed E-state index contributed by atoms with van der Waals surface area (Å²) in [7, 11) is 0. The van der Waals surface area contributed by atoms with Gasteiger partial charge in [-0.1, -0.05) is 0 Å². The van der Waals surface area contributed by atoms with Gasteiger partial charge in [0.05, 0.1) is 35.0 Å². The van der Waals surface area contributed by atoms with E-state index in [-0.39, 0.29) is 18.1 Å². The molecule has 0 N–H and O–H groups in total. The molecule has 2 fully saturated rings. The molecule has 8 heteroatoms. The van der Waals surface area contributed by atoms with Crippen molar-refractivity contribution in [3.05, 3.63) is 32.7 Å². The SMILES string of the molecule is Cc1nc(CN2CCO[C@@H]3CN(C(=O)c4cscn4)C[C@@H]32)cs1. The predicted octanol–water partition coefficient (Wildman–Crippen LogP) is 1.63. The quantitative estimate of drug-likeness (QED) is 0.842. The van der Waals surface area contributed by atoms with Crippen LogP contribution in [0, 0.1) is 6.92 Å². The molecule has 2 atom stereocenters. The Morgan fingerprint density at radius 2 is 2.35 bits per heavy atom. The lowest BCUT2D eigenvalue weighted by Crippen LogP contribution is -2.50. The van der Waals surface area contributed by atoms with Crippen molar-refractivity contribution in [1.29, 1.82) is 0 Å². The summed E-state index contributed by atoms with van der Waals surface area (Å²) in [5, 5.41) is 5.02. The maximum atomic E-state index is 12.5.